The number of Topliss-reactive ketones (excluding diaryl/α,β-unsaturated/α-hetero) is 6. The highest BCUT2D eigenvalue weighted by atomic mass is 16.1. The largest absolute Gasteiger partial charge is 0.300 e. The third-order valence-electron chi connectivity index (χ3n) is 5.92. The van der Waals surface area contributed by atoms with Crippen LogP contribution < -0.4 is 0 Å². The van der Waals surface area contributed by atoms with Crippen LogP contribution in [0.15, 0.2) is 0 Å². The first-order chi connectivity index (χ1) is 14.2. The van der Waals surface area contributed by atoms with Crippen LogP contribution in [-0.2, 0) is 28.8 Å². The monoisotopic (exact) mass is 436 g/mol. The van der Waals surface area contributed by atoms with Crippen LogP contribution in [0.25, 0.3) is 0 Å². The van der Waals surface area contributed by atoms with Crippen molar-refractivity contribution >= 4 is 34.7 Å². The van der Waals surface area contributed by atoms with Gasteiger partial charge in [-0.05, 0) is 33.1 Å². The molecule has 0 unspecified atom stereocenters. The molecule has 0 saturated carbocycles. The Morgan fingerprint density at radius 2 is 0.677 bits per heavy atom. The Balaban J connectivity index is 3.94. The summed E-state index contributed by atoms with van der Waals surface area (Å²) in [4.78, 5) is 70.7. The number of carbonyl (C=O) groups excluding carboxylic acids is 6. The standard InChI is InChI=1S/C25H40O6/c1-18(26)24(3,4)16-22(30)14-8-12-20(28)10-7-11-21(29)13-9-15-23(31)17-25(5,6)19(2)27/h7-17H2,1-6H3. The minimum Gasteiger partial charge on any atom is -0.300 e. The highest BCUT2D eigenvalue weighted by Crippen LogP contribution is 2.24. The molecule has 0 heterocycles. The molecule has 0 atom stereocenters. The van der Waals surface area contributed by atoms with Gasteiger partial charge in [-0.1, -0.05) is 27.7 Å². The van der Waals surface area contributed by atoms with Crippen LogP contribution in [0.3, 0.4) is 0 Å². The fraction of sp³-hybridized carbons (Fsp3) is 0.760. The second-order valence-corrected chi connectivity index (χ2v) is 9.95. The zero-order valence-corrected chi connectivity index (χ0v) is 20.2. The third-order valence-corrected chi connectivity index (χ3v) is 5.92. The van der Waals surface area contributed by atoms with Crippen LogP contribution in [0, 0.1) is 10.8 Å². The number of carbonyl (C=O) groups is 6. The summed E-state index contributed by atoms with van der Waals surface area (Å²) in [7, 11) is 0. The lowest BCUT2D eigenvalue weighted by Crippen LogP contribution is -2.25. The minimum absolute atomic E-state index is 0.00980. The molecule has 0 radical (unpaired) electrons. The van der Waals surface area contributed by atoms with Gasteiger partial charge in [-0.3, -0.25) is 28.8 Å². The molecule has 0 aromatic carbocycles. The fourth-order valence-corrected chi connectivity index (χ4v) is 3.11. The van der Waals surface area contributed by atoms with Crippen molar-refractivity contribution in [1.82, 2.24) is 0 Å². The van der Waals surface area contributed by atoms with Gasteiger partial charge >= 0.3 is 0 Å². The molecule has 6 heteroatoms. The molecule has 0 bridgehead atoms. The van der Waals surface area contributed by atoms with Crippen molar-refractivity contribution in [2.45, 2.75) is 112 Å². The second-order valence-electron chi connectivity index (χ2n) is 9.95. The van der Waals surface area contributed by atoms with Crippen LogP contribution in [0.1, 0.15) is 112 Å². The van der Waals surface area contributed by atoms with E-state index in [1.165, 1.54) is 13.8 Å². The van der Waals surface area contributed by atoms with E-state index in [9.17, 15) is 28.8 Å². The quantitative estimate of drug-likeness (QED) is 0.306. The average molecular weight is 437 g/mol. The molecule has 0 aliphatic carbocycles. The van der Waals surface area contributed by atoms with Gasteiger partial charge in [-0.2, -0.15) is 0 Å². The Hall–Kier alpha value is -1.98. The number of hydrogen-bond acceptors (Lipinski definition) is 6. The predicted molar refractivity (Wildman–Crippen MR) is 120 cm³/mol. The minimum atomic E-state index is -0.657. The molecular formula is C25H40O6. The molecule has 0 spiro atoms. The zero-order chi connectivity index (χ0) is 24.2. The molecule has 0 aliphatic rings. The number of rotatable bonds is 18. The Morgan fingerprint density at radius 1 is 0.452 bits per heavy atom. The Morgan fingerprint density at radius 3 is 0.903 bits per heavy atom. The van der Waals surface area contributed by atoms with Crippen molar-refractivity contribution in [3.63, 3.8) is 0 Å². The first-order valence-electron chi connectivity index (χ1n) is 11.3. The van der Waals surface area contributed by atoms with Gasteiger partial charge in [-0.15, -0.1) is 0 Å². The van der Waals surface area contributed by atoms with Gasteiger partial charge in [-0.25, -0.2) is 0 Å². The normalized spacial score (nSPS) is 11.8. The smallest absolute Gasteiger partial charge is 0.135 e. The topological polar surface area (TPSA) is 102 Å². The van der Waals surface area contributed by atoms with E-state index in [1.807, 2.05) is 0 Å². The molecule has 0 aromatic heterocycles. The third kappa shape index (κ3) is 13.1. The summed E-state index contributed by atoms with van der Waals surface area (Å²) in [5.74, 6) is 0.00619. The summed E-state index contributed by atoms with van der Waals surface area (Å²) in [6, 6.07) is 0. The van der Waals surface area contributed by atoms with Crippen LogP contribution in [0.4, 0.5) is 0 Å². The average Bonchev–Trinajstić information content (AvgIpc) is 2.60. The zero-order valence-electron chi connectivity index (χ0n) is 20.2. The maximum atomic E-state index is 12.0. The second kappa shape index (κ2) is 13.4. The van der Waals surface area contributed by atoms with Crippen molar-refractivity contribution in [2.75, 3.05) is 0 Å². The molecule has 0 aliphatic heterocycles. The van der Waals surface area contributed by atoms with Crippen LogP contribution in [0.2, 0.25) is 0 Å². The molecule has 0 rings (SSSR count). The van der Waals surface area contributed by atoms with Gasteiger partial charge in [0.05, 0.1) is 0 Å². The van der Waals surface area contributed by atoms with Crippen molar-refractivity contribution in [1.29, 1.82) is 0 Å². The van der Waals surface area contributed by atoms with Gasteiger partial charge < -0.3 is 0 Å². The first kappa shape index (κ1) is 29.0. The van der Waals surface area contributed by atoms with Gasteiger partial charge in [0.1, 0.15) is 34.7 Å². The maximum Gasteiger partial charge on any atom is 0.135 e. The Labute approximate surface area is 186 Å². The maximum absolute atomic E-state index is 12.0. The van der Waals surface area contributed by atoms with E-state index >= 15 is 0 Å². The van der Waals surface area contributed by atoms with Crippen molar-refractivity contribution in [3.05, 3.63) is 0 Å². The molecule has 0 N–H and O–H groups in total. The van der Waals surface area contributed by atoms with Crippen molar-refractivity contribution in [3.8, 4) is 0 Å². The summed E-state index contributed by atoms with van der Waals surface area (Å²) >= 11 is 0. The summed E-state index contributed by atoms with van der Waals surface area (Å²) in [6.07, 6.45) is 3.62. The van der Waals surface area contributed by atoms with Gasteiger partial charge in [0.15, 0.2) is 0 Å². The summed E-state index contributed by atoms with van der Waals surface area (Å²) < 4.78 is 0. The van der Waals surface area contributed by atoms with Crippen LogP contribution >= 0.6 is 0 Å². The van der Waals surface area contributed by atoms with E-state index in [0.717, 1.165) is 0 Å². The fourth-order valence-electron chi connectivity index (χ4n) is 3.11. The molecule has 6 nitrogen and oxygen atoms in total. The van der Waals surface area contributed by atoms with Gasteiger partial charge in [0.2, 0.25) is 0 Å². The molecule has 0 aromatic rings. The van der Waals surface area contributed by atoms with Gasteiger partial charge in [0.25, 0.3) is 0 Å². The van der Waals surface area contributed by atoms with Crippen molar-refractivity contribution < 1.29 is 28.8 Å². The van der Waals surface area contributed by atoms with E-state index in [0.29, 0.717) is 44.9 Å². The lowest BCUT2D eigenvalue weighted by molar-refractivity contribution is -0.131. The van der Waals surface area contributed by atoms with E-state index in [-0.39, 0.29) is 60.4 Å². The van der Waals surface area contributed by atoms with E-state index in [4.69, 9.17) is 0 Å². The Bertz CT molecular complexity index is 626. The highest BCUT2D eigenvalue weighted by Gasteiger charge is 2.27. The lowest BCUT2D eigenvalue weighted by Gasteiger charge is -2.19. The molecule has 0 saturated heterocycles. The number of ketones is 6. The SMILES string of the molecule is CC(=O)C(C)(C)CC(=O)CCCC(=O)CCCC(=O)CCCC(=O)CC(C)(C)C(C)=O. The molecular weight excluding hydrogens is 396 g/mol. The summed E-state index contributed by atoms with van der Waals surface area (Å²) in [5, 5.41) is 0. The summed E-state index contributed by atoms with van der Waals surface area (Å²) in [5.41, 5.74) is -1.31. The molecule has 0 amide bonds. The van der Waals surface area contributed by atoms with Crippen LogP contribution in [0.5, 0.6) is 0 Å². The van der Waals surface area contributed by atoms with E-state index in [2.05, 4.69) is 0 Å². The highest BCUT2D eigenvalue weighted by molar-refractivity contribution is 5.90. The van der Waals surface area contributed by atoms with Crippen molar-refractivity contribution in [2.24, 2.45) is 10.8 Å². The number of hydrogen-bond donors (Lipinski definition) is 0. The predicted octanol–water partition coefficient (Wildman–Crippen LogP) is 4.78. The molecule has 176 valence electrons. The first-order valence-corrected chi connectivity index (χ1v) is 11.3. The Kier molecular flexibility index (Phi) is 12.6. The lowest BCUT2D eigenvalue weighted by atomic mass is 9.82. The van der Waals surface area contributed by atoms with Crippen LogP contribution in [-0.4, -0.2) is 34.7 Å². The van der Waals surface area contributed by atoms with E-state index < -0.39 is 10.8 Å². The van der Waals surface area contributed by atoms with Gasteiger partial charge in [0, 0.05) is 62.2 Å². The van der Waals surface area contributed by atoms with E-state index in [1.54, 1.807) is 27.7 Å². The summed E-state index contributed by atoms with van der Waals surface area (Å²) in [6.45, 7) is 9.95. The molecule has 31 heavy (non-hydrogen) atoms. The molecule has 0 fully saturated rings.